The van der Waals surface area contributed by atoms with Gasteiger partial charge in [-0.25, -0.2) is 14.6 Å². The number of benzene rings is 3. The zero-order valence-corrected chi connectivity index (χ0v) is 21.7. The molecular formula is C29H22BrNO4S. The first-order chi connectivity index (χ1) is 17.6. The normalized spacial score (nSPS) is 11.1. The highest BCUT2D eigenvalue weighted by Gasteiger charge is 2.15. The molecule has 3 aromatic carbocycles. The average molecular weight is 560 g/mol. The molecule has 0 atom stereocenters. The van der Waals surface area contributed by atoms with E-state index in [0.717, 1.165) is 43.7 Å². The number of halogens is 1. The predicted molar refractivity (Wildman–Crippen MR) is 148 cm³/mol. The summed E-state index contributed by atoms with van der Waals surface area (Å²) in [6.45, 7) is 0.241. The van der Waals surface area contributed by atoms with Crippen LogP contribution in [-0.2, 0) is 4.74 Å². The number of carbonyl (C=O) groups is 1. The van der Waals surface area contributed by atoms with Crippen molar-refractivity contribution in [3.8, 4) is 11.3 Å². The van der Waals surface area contributed by atoms with Gasteiger partial charge < -0.3 is 9.15 Å². The summed E-state index contributed by atoms with van der Waals surface area (Å²) in [7, 11) is 0. The number of thioether (sulfide) groups is 1. The van der Waals surface area contributed by atoms with Crippen LogP contribution in [0.4, 0.5) is 0 Å². The van der Waals surface area contributed by atoms with Crippen LogP contribution in [0.3, 0.4) is 0 Å². The van der Waals surface area contributed by atoms with Crippen molar-refractivity contribution in [3.05, 3.63) is 105 Å². The number of hydrogen-bond acceptors (Lipinski definition) is 6. The van der Waals surface area contributed by atoms with E-state index in [1.165, 1.54) is 6.07 Å². The van der Waals surface area contributed by atoms with Crippen molar-refractivity contribution >= 4 is 55.5 Å². The Morgan fingerprint density at radius 3 is 2.61 bits per heavy atom. The highest BCUT2D eigenvalue weighted by atomic mass is 79.9. The van der Waals surface area contributed by atoms with Crippen LogP contribution in [0.2, 0.25) is 0 Å². The van der Waals surface area contributed by atoms with Crippen LogP contribution in [0.25, 0.3) is 33.1 Å². The van der Waals surface area contributed by atoms with Gasteiger partial charge in [0.2, 0.25) is 0 Å². The maximum Gasteiger partial charge on any atom is 0.351 e. The van der Waals surface area contributed by atoms with Crippen molar-refractivity contribution in [1.29, 1.82) is 0 Å². The first kappa shape index (κ1) is 24.3. The molecule has 0 saturated carbocycles. The van der Waals surface area contributed by atoms with Gasteiger partial charge in [-0.05, 0) is 48.9 Å². The number of para-hydroxylation sites is 2. The van der Waals surface area contributed by atoms with E-state index in [4.69, 9.17) is 14.1 Å². The summed E-state index contributed by atoms with van der Waals surface area (Å²) in [5.74, 6) is 0.208. The van der Waals surface area contributed by atoms with E-state index in [9.17, 15) is 9.59 Å². The number of carbonyl (C=O) groups excluding carboxylic acids is 1. The Labute approximate surface area is 220 Å². The molecule has 5 nitrogen and oxygen atoms in total. The third-order valence-corrected chi connectivity index (χ3v) is 7.55. The molecular weight excluding hydrogens is 538 g/mol. The fourth-order valence-corrected chi connectivity index (χ4v) is 5.48. The Balaban J connectivity index is 1.20. The van der Waals surface area contributed by atoms with Gasteiger partial charge >= 0.3 is 11.6 Å². The molecule has 0 N–H and O–H groups in total. The van der Waals surface area contributed by atoms with E-state index in [1.807, 2.05) is 42.5 Å². The van der Waals surface area contributed by atoms with Crippen molar-refractivity contribution in [1.82, 2.24) is 4.98 Å². The van der Waals surface area contributed by atoms with Gasteiger partial charge in [0.15, 0.2) is 0 Å². The van der Waals surface area contributed by atoms with Crippen LogP contribution in [-0.4, -0.2) is 23.3 Å². The van der Waals surface area contributed by atoms with Gasteiger partial charge in [-0.3, -0.25) is 0 Å². The van der Waals surface area contributed by atoms with Crippen LogP contribution < -0.4 is 5.63 Å². The molecule has 7 heteroatoms. The van der Waals surface area contributed by atoms with E-state index in [2.05, 4.69) is 34.1 Å². The molecule has 0 saturated heterocycles. The monoisotopic (exact) mass is 559 g/mol. The van der Waals surface area contributed by atoms with Crippen LogP contribution in [0.15, 0.2) is 104 Å². The Morgan fingerprint density at radius 1 is 0.944 bits per heavy atom. The Morgan fingerprint density at radius 2 is 1.72 bits per heavy atom. The minimum Gasteiger partial charge on any atom is -0.462 e. The summed E-state index contributed by atoms with van der Waals surface area (Å²) < 4.78 is 11.6. The number of aromatic nitrogens is 1. The van der Waals surface area contributed by atoms with E-state index < -0.39 is 11.6 Å². The first-order valence-corrected chi connectivity index (χ1v) is 13.4. The van der Waals surface area contributed by atoms with E-state index in [0.29, 0.717) is 17.4 Å². The molecule has 0 fully saturated rings. The topological polar surface area (TPSA) is 69.4 Å². The van der Waals surface area contributed by atoms with Crippen LogP contribution >= 0.6 is 27.7 Å². The Kier molecular flexibility index (Phi) is 7.49. The number of pyridine rings is 1. The number of rotatable bonds is 8. The maximum atomic E-state index is 12.4. The minimum atomic E-state index is -0.681. The predicted octanol–water partition coefficient (Wildman–Crippen LogP) is 7.50. The van der Waals surface area contributed by atoms with Gasteiger partial charge in [0.05, 0.1) is 17.8 Å². The lowest BCUT2D eigenvalue weighted by Crippen LogP contribution is -2.17. The molecule has 0 radical (unpaired) electrons. The molecule has 2 aromatic heterocycles. The third-order valence-electron chi connectivity index (χ3n) is 5.72. The molecule has 0 amide bonds. The summed E-state index contributed by atoms with van der Waals surface area (Å²) in [6.07, 6.45) is 1.54. The molecule has 2 heterocycles. The summed E-state index contributed by atoms with van der Waals surface area (Å²) in [5.41, 5.74) is 2.62. The van der Waals surface area contributed by atoms with Crippen molar-refractivity contribution in [2.45, 2.75) is 17.7 Å². The average Bonchev–Trinajstić information content (AvgIpc) is 2.90. The van der Waals surface area contributed by atoms with Crippen molar-refractivity contribution < 1.29 is 13.9 Å². The van der Waals surface area contributed by atoms with Crippen molar-refractivity contribution in [2.24, 2.45) is 0 Å². The number of nitrogens with zero attached hydrogens (tertiary/aromatic N) is 1. The summed E-state index contributed by atoms with van der Waals surface area (Å²) in [6, 6.07) is 26.9. The molecule has 0 aliphatic rings. The molecule has 0 unspecified atom stereocenters. The lowest BCUT2D eigenvalue weighted by atomic mass is 10.1. The summed E-state index contributed by atoms with van der Waals surface area (Å²) in [4.78, 5) is 30.6. The van der Waals surface area contributed by atoms with E-state index in [-0.39, 0.29) is 12.2 Å². The fraction of sp³-hybridized carbons (Fsp3) is 0.138. The Bertz CT molecular complexity index is 1610. The smallest absolute Gasteiger partial charge is 0.351 e. The number of esters is 1. The Hall–Kier alpha value is -3.42. The standard InChI is InChI=1S/C29H22BrNO4S/c30-23-12-4-2-10-20(23)25-18-27(21-11-3-5-13-24(21)31-25)36-16-8-7-15-34-28(32)22-17-19-9-1-6-14-26(19)35-29(22)33/h1-6,9-14,17-18H,7-8,15-16H2. The number of hydrogen-bond donors (Lipinski definition) is 0. The lowest BCUT2D eigenvalue weighted by Gasteiger charge is -2.11. The fourth-order valence-electron chi connectivity index (χ4n) is 3.90. The van der Waals surface area contributed by atoms with Gasteiger partial charge in [-0.2, -0.15) is 0 Å². The van der Waals surface area contributed by atoms with Gasteiger partial charge in [-0.1, -0.05) is 70.5 Å². The second-order valence-electron chi connectivity index (χ2n) is 8.18. The SMILES string of the molecule is O=C(OCCCCSc1cc(-c2ccccc2Br)nc2ccccc12)c1cc2ccccc2oc1=O. The van der Waals surface area contributed by atoms with Gasteiger partial charge in [0, 0.05) is 25.7 Å². The van der Waals surface area contributed by atoms with Crippen molar-refractivity contribution in [3.63, 3.8) is 0 Å². The molecule has 180 valence electrons. The molecule has 5 aromatic rings. The van der Waals surface area contributed by atoms with Gasteiger partial charge in [0.25, 0.3) is 0 Å². The highest BCUT2D eigenvalue weighted by molar-refractivity contribution is 9.10. The summed E-state index contributed by atoms with van der Waals surface area (Å²) >= 11 is 5.40. The van der Waals surface area contributed by atoms with E-state index >= 15 is 0 Å². The molecule has 36 heavy (non-hydrogen) atoms. The largest absolute Gasteiger partial charge is 0.462 e. The first-order valence-electron chi connectivity index (χ1n) is 11.6. The van der Waals surface area contributed by atoms with Crippen LogP contribution in [0.1, 0.15) is 23.2 Å². The number of unbranched alkanes of at least 4 members (excludes halogenated alkanes) is 1. The second kappa shape index (κ2) is 11.1. The minimum absolute atomic E-state index is 0.0778. The zero-order valence-electron chi connectivity index (χ0n) is 19.3. The molecule has 0 aliphatic heterocycles. The quantitative estimate of drug-likeness (QED) is 0.0848. The van der Waals surface area contributed by atoms with E-state index in [1.54, 1.807) is 30.0 Å². The summed E-state index contributed by atoms with van der Waals surface area (Å²) in [5, 5.41) is 1.81. The molecule has 0 spiro atoms. The van der Waals surface area contributed by atoms with Crippen molar-refractivity contribution in [2.75, 3.05) is 12.4 Å². The van der Waals surface area contributed by atoms with Gasteiger partial charge in [-0.15, -0.1) is 11.8 Å². The number of ether oxygens (including phenoxy) is 1. The second-order valence-corrected chi connectivity index (χ2v) is 10.2. The maximum absolute atomic E-state index is 12.4. The molecule has 5 rings (SSSR count). The highest BCUT2D eigenvalue weighted by Crippen LogP contribution is 2.34. The van der Waals surface area contributed by atoms with Gasteiger partial charge in [0.1, 0.15) is 11.1 Å². The zero-order chi connectivity index (χ0) is 24.9. The van der Waals surface area contributed by atoms with Crippen LogP contribution in [0.5, 0.6) is 0 Å². The molecule has 0 bridgehead atoms. The lowest BCUT2D eigenvalue weighted by molar-refractivity contribution is 0.0495. The molecule has 0 aliphatic carbocycles. The third kappa shape index (κ3) is 5.37. The van der Waals surface area contributed by atoms with Crippen LogP contribution in [0, 0.1) is 0 Å². The number of fused-ring (bicyclic) bond motifs is 2.